The van der Waals surface area contributed by atoms with Crippen molar-refractivity contribution in [2.75, 3.05) is 0 Å². The first kappa shape index (κ1) is 38.3. The molecule has 10 rings (SSSR count). The maximum atomic E-state index is 15.1. The van der Waals surface area contributed by atoms with E-state index in [-0.39, 0.29) is 28.1 Å². The number of alkyl halides is 3. The van der Waals surface area contributed by atoms with Gasteiger partial charge in [0.05, 0.1) is 45.6 Å². The van der Waals surface area contributed by atoms with Gasteiger partial charge in [-0.05, 0) is 109 Å². The number of para-hydroxylation sites is 2. The van der Waals surface area contributed by atoms with E-state index in [1.807, 2.05) is 63.7 Å². The summed E-state index contributed by atoms with van der Waals surface area (Å²) < 4.78 is 49.4. The average molecular weight is 811 g/mol. The Balaban J connectivity index is 1.34. The highest BCUT2D eigenvalue weighted by molar-refractivity contribution is 6.13. The molecule has 0 fully saturated rings. The summed E-state index contributed by atoms with van der Waals surface area (Å²) in [7, 11) is 0. The van der Waals surface area contributed by atoms with Gasteiger partial charge < -0.3 is 9.13 Å². The molecule has 0 bridgehead atoms. The van der Waals surface area contributed by atoms with Crippen molar-refractivity contribution in [3.05, 3.63) is 196 Å². The summed E-state index contributed by atoms with van der Waals surface area (Å²) in [5, 5.41) is 15.2. The van der Waals surface area contributed by atoms with E-state index >= 15 is 13.2 Å². The number of rotatable bonds is 5. The van der Waals surface area contributed by atoms with Crippen molar-refractivity contribution in [2.24, 2.45) is 0 Å². The molecule has 0 radical (unpaired) electrons. The van der Waals surface area contributed by atoms with Crippen LogP contribution in [0.5, 0.6) is 0 Å². The summed E-state index contributed by atoms with van der Waals surface area (Å²) >= 11 is 0. The molecule has 0 aliphatic heterocycles. The minimum absolute atomic E-state index is 0.128. The Labute approximate surface area is 356 Å². The van der Waals surface area contributed by atoms with Gasteiger partial charge in [-0.2, -0.15) is 18.4 Å². The van der Waals surface area contributed by atoms with E-state index < -0.39 is 11.7 Å². The average Bonchev–Trinajstić information content (AvgIpc) is 3.77. The van der Waals surface area contributed by atoms with Gasteiger partial charge in [0.25, 0.3) is 0 Å². The molecule has 2 aromatic heterocycles. The van der Waals surface area contributed by atoms with Crippen molar-refractivity contribution in [2.45, 2.75) is 33.9 Å². The Kier molecular flexibility index (Phi) is 8.91. The molecule has 0 saturated carbocycles. The van der Waals surface area contributed by atoms with Crippen molar-refractivity contribution < 1.29 is 13.2 Å². The second-order valence-electron chi connectivity index (χ2n) is 16.1. The monoisotopic (exact) mass is 810 g/mol. The number of nitriles is 1. The molecule has 0 saturated heterocycles. The summed E-state index contributed by atoms with van der Waals surface area (Å²) in [6, 6.07) is 50.5. The lowest BCUT2D eigenvalue weighted by Gasteiger charge is -2.22. The fraction of sp³-hybridized carbons (Fsp3) is 0.0909. The quantitative estimate of drug-likeness (QED) is 0.160. The summed E-state index contributed by atoms with van der Waals surface area (Å²) in [5.41, 5.74) is 11.6. The van der Waals surface area contributed by atoms with Gasteiger partial charge in [0, 0.05) is 27.1 Å². The maximum Gasteiger partial charge on any atom is 0.415 e. The van der Waals surface area contributed by atoms with Crippen LogP contribution < -0.4 is 0 Å². The number of fused-ring (bicyclic) bond motifs is 6. The van der Waals surface area contributed by atoms with E-state index in [9.17, 15) is 5.26 Å². The molecule has 0 atom stereocenters. The van der Waals surface area contributed by atoms with Crippen LogP contribution in [0.25, 0.3) is 93.2 Å². The molecular formula is C55H37F3N4. The van der Waals surface area contributed by atoms with Crippen LogP contribution in [0, 0.1) is 45.6 Å². The van der Waals surface area contributed by atoms with Crippen LogP contribution in [0.2, 0.25) is 0 Å². The second kappa shape index (κ2) is 14.4. The molecule has 10 aromatic rings. The predicted molar refractivity (Wildman–Crippen MR) is 246 cm³/mol. The zero-order valence-electron chi connectivity index (χ0n) is 34.4. The normalized spacial score (nSPS) is 11.8. The van der Waals surface area contributed by atoms with Gasteiger partial charge in [-0.25, -0.2) is 4.85 Å². The molecule has 0 N–H and O–H groups in total. The first-order chi connectivity index (χ1) is 30.0. The fourth-order valence-electron chi connectivity index (χ4n) is 9.52. The fourth-order valence-corrected chi connectivity index (χ4v) is 9.52. The topological polar surface area (TPSA) is 38.0 Å². The van der Waals surface area contributed by atoms with Crippen molar-refractivity contribution >= 4 is 49.3 Å². The predicted octanol–water partition coefficient (Wildman–Crippen LogP) is 15.6. The Bertz CT molecular complexity index is 3590. The minimum Gasteiger partial charge on any atom is -0.308 e. The zero-order valence-corrected chi connectivity index (χ0v) is 34.4. The third-order valence-corrected chi connectivity index (χ3v) is 12.2. The van der Waals surface area contributed by atoms with Gasteiger partial charge in [-0.1, -0.05) is 120 Å². The molecule has 0 spiro atoms. The first-order valence-corrected chi connectivity index (χ1v) is 20.3. The highest BCUT2D eigenvalue weighted by Gasteiger charge is 2.36. The summed E-state index contributed by atoms with van der Waals surface area (Å²) in [4.78, 5) is 3.63. The van der Waals surface area contributed by atoms with Crippen LogP contribution in [-0.4, -0.2) is 9.13 Å². The van der Waals surface area contributed by atoms with Gasteiger partial charge in [-0.3, -0.25) is 0 Å². The molecular weight excluding hydrogens is 774 g/mol. The van der Waals surface area contributed by atoms with Gasteiger partial charge in [0.15, 0.2) is 5.69 Å². The lowest BCUT2D eigenvalue weighted by atomic mass is 9.92. The first-order valence-electron chi connectivity index (χ1n) is 20.3. The minimum atomic E-state index is -4.79. The van der Waals surface area contributed by atoms with Crippen LogP contribution in [0.4, 0.5) is 18.9 Å². The van der Waals surface area contributed by atoms with E-state index in [0.717, 1.165) is 77.6 Å². The number of hydrogen-bond acceptors (Lipinski definition) is 1. The zero-order chi connectivity index (χ0) is 43.0. The Morgan fingerprint density at radius 1 is 0.532 bits per heavy atom. The third kappa shape index (κ3) is 5.97. The van der Waals surface area contributed by atoms with Gasteiger partial charge >= 0.3 is 6.18 Å². The second-order valence-corrected chi connectivity index (χ2v) is 16.1. The van der Waals surface area contributed by atoms with E-state index in [1.165, 1.54) is 17.7 Å². The number of hydrogen-bond donors (Lipinski definition) is 0. The van der Waals surface area contributed by atoms with Crippen LogP contribution in [-0.2, 0) is 6.18 Å². The smallest absolute Gasteiger partial charge is 0.308 e. The van der Waals surface area contributed by atoms with Crippen LogP contribution in [0.3, 0.4) is 0 Å². The summed E-state index contributed by atoms with van der Waals surface area (Å²) in [5.74, 6) is 0. The van der Waals surface area contributed by atoms with Crippen molar-refractivity contribution in [3.63, 3.8) is 0 Å². The molecule has 0 aliphatic carbocycles. The Hall–Kier alpha value is -7.87. The molecule has 4 nitrogen and oxygen atoms in total. The number of benzene rings is 8. The maximum absolute atomic E-state index is 15.1. The molecule has 7 heteroatoms. The number of halogens is 3. The standard InChI is InChI=1S/C55H37F3N4/c1-32-17-21-38(34(3)27-32)36-19-24-50-43(29-36)40-11-6-8-15-48(40)61(50)52-26-23-42(53-46(55(56,57)58)13-10-14-47(53)60-5)54(45(52)31-59)62-49-16-9-7-12-41(49)44-30-37(20-25-51(44)62)39-22-18-33(2)28-35(39)4/h6-30H,1-4H3. The van der Waals surface area contributed by atoms with Gasteiger partial charge in [0.2, 0.25) is 0 Å². The molecule has 0 amide bonds. The Morgan fingerprint density at radius 2 is 1.05 bits per heavy atom. The van der Waals surface area contributed by atoms with Gasteiger partial charge in [-0.15, -0.1) is 0 Å². The lowest BCUT2D eigenvalue weighted by molar-refractivity contribution is -0.137. The highest BCUT2D eigenvalue weighted by atomic mass is 19.4. The number of nitrogens with zero attached hydrogens (tertiary/aromatic N) is 4. The number of aromatic nitrogens is 2. The molecule has 8 aromatic carbocycles. The summed E-state index contributed by atoms with van der Waals surface area (Å²) in [6.45, 7) is 16.4. The van der Waals surface area contributed by atoms with Crippen molar-refractivity contribution in [1.82, 2.24) is 9.13 Å². The highest BCUT2D eigenvalue weighted by Crippen LogP contribution is 2.48. The molecule has 2 heterocycles. The van der Waals surface area contributed by atoms with Crippen molar-refractivity contribution in [3.8, 4) is 50.8 Å². The van der Waals surface area contributed by atoms with Crippen LogP contribution in [0.1, 0.15) is 33.4 Å². The summed E-state index contributed by atoms with van der Waals surface area (Å²) in [6.07, 6.45) is -4.79. The van der Waals surface area contributed by atoms with E-state index in [4.69, 9.17) is 6.57 Å². The van der Waals surface area contributed by atoms with E-state index in [2.05, 4.69) is 105 Å². The van der Waals surface area contributed by atoms with Gasteiger partial charge in [0.1, 0.15) is 11.6 Å². The third-order valence-electron chi connectivity index (χ3n) is 12.2. The molecule has 62 heavy (non-hydrogen) atoms. The molecule has 298 valence electrons. The Morgan fingerprint density at radius 3 is 1.58 bits per heavy atom. The van der Waals surface area contributed by atoms with E-state index in [0.29, 0.717) is 16.7 Å². The molecule has 0 unspecified atom stereocenters. The number of aryl methyl sites for hydroxylation is 4. The van der Waals surface area contributed by atoms with Crippen LogP contribution >= 0.6 is 0 Å². The van der Waals surface area contributed by atoms with Crippen molar-refractivity contribution in [1.29, 1.82) is 5.26 Å². The SMILES string of the molecule is [C-]#[N+]c1cccc(C(F)(F)F)c1-c1ccc(-n2c3ccccc3c3cc(-c4ccc(C)cc4C)ccc32)c(C#N)c1-n1c2ccccc2c2cc(-c3ccc(C)cc3C)ccc21. The van der Waals surface area contributed by atoms with Crippen LogP contribution in [0.15, 0.2) is 152 Å². The molecule has 0 aliphatic rings. The van der Waals surface area contributed by atoms with E-state index in [1.54, 1.807) is 12.1 Å². The largest absolute Gasteiger partial charge is 0.415 e. The lowest BCUT2D eigenvalue weighted by Crippen LogP contribution is -2.10.